The fourth-order valence-corrected chi connectivity index (χ4v) is 2.36. The van der Waals surface area contributed by atoms with Crippen LogP contribution in [0.5, 0.6) is 0 Å². The van der Waals surface area contributed by atoms with Crippen LogP contribution in [0.2, 0.25) is 0 Å². The summed E-state index contributed by atoms with van der Waals surface area (Å²) in [7, 11) is 0. The average Bonchev–Trinajstić information content (AvgIpc) is 2.61. The largest absolute Gasteiger partial charge is 0.372 e. The molecule has 2 N–H and O–H groups in total. The van der Waals surface area contributed by atoms with E-state index in [1.54, 1.807) is 6.20 Å². The lowest BCUT2D eigenvalue weighted by Gasteiger charge is -2.21. The summed E-state index contributed by atoms with van der Waals surface area (Å²) in [6.07, 6.45) is 7.39. The van der Waals surface area contributed by atoms with Gasteiger partial charge in [0.25, 0.3) is 0 Å². The summed E-state index contributed by atoms with van der Waals surface area (Å²) in [5.41, 5.74) is 7.40. The Morgan fingerprint density at radius 2 is 2.22 bits per heavy atom. The van der Waals surface area contributed by atoms with E-state index in [2.05, 4.69) is 11.1 Å². The molecular formula is C14H19N3O. The molecule has 0 saturated heterocycles. The second-order valence-electron chi connectivity index (χ2n) is 4.77. The van der Waals surface area contributed by atoms with E-state index >= 15 is 0 Å². The summed E-state index contributed by atoms with van der Waals surface area (Å²) < 4.78 is 5.89. The Kier molecular flexibility index (Phi) is 4.68. The number of hydrogen-bond donors (Lipinski definition) is 1. The molecule has 0 aliphatic heterocycles. The molecule has 1 saturated carbocycles. The van der Waals surface area contributed by atoms with Crippen LogP contribution in [0.15, 0.2) is 18.3 Å². The zero-order valence-corrected chi connectivity index (χ0v) is 10.5. The summed E-state index contributed by atoms with van der Waals surface area (Å²) in [6, 6.07) is 5.91. The van der Waals surface area contributed by atoms with Gasteiger partial charge in [-0.2, -0.15) is 5.26 Å². The maximum atomic E-state index is 8.96. The summed E-state index contributed by atoms with van der Waals surface area (Å²) in [6.45, 7) is 0.426. The molecule has 0 aromatic carbocycles. The Morgan fingerprint density at radius 3 is 3.06 bits per heavy atom. The highest BCUT2D eigenvalue weighted by atomic mass is 16.5. The fourth-order valence-electron chi connectivity index (χ4n) is 2.36. The predicted octanol–water partition coefficient (Wildman–Crippen LogP) is 2.13. The number of hydrogen-bond acceptors (Lipinski definition) is 4. The van der Waals surface area contributed by atoms with Crippen molar-refractivity contribution in [2.75, 3.05) is 0 Å². The predicted molar refractivity (Wildman–Crippen MR) is 68.6 cm³/mol. The summed E-state index contributed by atoms with van der Waals surface area (Å²) in [4.78, 5) is 4.03. The lowest BCUT2D eigenvalue weighted by molar-refractivity contribution is 0.0192. The number of rotatable bonds is 3. The van der Waals surface area contributed by atoms with E-state index in [0.717, 1.165) is 18.4 Å². The molecule has 1 fully saturated rings. The van der Waals surface area contributed by atoms with Crippen molar-refractivity contribution in [2.24, 2.45) is 5.73 Å². The molecule has 96 valence electrons. The van der Waals surface area contributed by atoms with Crippen LogP contribution in [0.1, 0.15) is 43.4 Å². The van der Waals surface area contributed by atoms with Gasteiger partial charge in [0, 0.05) is 17.8 Å². The van der Waals surface area contributed by atoms with Gasteiger partial charge in [-0.05, 0) is 18.9 Å². The van der Waals surface area contributed by atoms with E-state index in [4.69, 9.17) is 15.7 Å². The van der Waals surface area contributed by atoms with Crippen molar-refractivity contribution >= 4 is 0 Å². The Hall–Kier alpha value is -1.44. The molecule has 0 bridgehead atoms. The van der Waals surface area contributed by atoms with Crippen molar-refractivity contribution in [2.45, 2.75) is 50.9 Å². The van der Waals surface area contributed by atoms with Gasteiger partial charge < -0.3 is 10.5 Å². The normalized spacial score (nSPS) is 24.2. The molecule has 0 spiro atoms. The average molecular weight is 245 g/mol. The van der Waals surface area contributed by atoms with Crippen LogP contribution in [-0.4, -0.2) is 17.1 Å². The molecule has 1 aliphatic rings. The molecular weight excluding hydrogens is 226 g/mol. The molecule has 1 aromatic heterocycles. The minimum atomic E-state index is 0.110. The Bertz CT molecular complexity index is 427. The molecule has 4 heteroatoms. The summed E-state index contributed by atoms with van der Waals surface area (Å²) in [5.74, 6) is 0. The van der Waals surface area contributed by atoms with Gasteiger partial charge in [0.15, 0.2) is 0 Å². The number of aromatic nitrogens is 1. The molecule has 4 nitrogen and oxygen atoms in total. The van der Waals surface area contributed by atoms with E-state index in [0.29, 0.717) is 12.3 Å². The van der Waals surface area contributed by atoms with Crippen molar-refractivity contribution in [3.63, 3.8) is 0 Å². The number of nitriles is 1. The zero-order valence-electron chi connectivity index (χ0n) is 10.5. The highest BCUT2D eigenvalue weighted by molar-refractivity contribution is 5.29. The molecule has 2 atom stereocenters. The number of pyridine rings is 1. The zero-order chi connectivity index (χ0) is 12.8. The van der Waals surface area contributed by atoms with Gasteiger partial charge in [0.05, 0.1) is 12.7 Å². The highest BCUT2D eigenvalue weighted by Gasteiger charge is 2.21. The minimum Gasteiger partial charge on any atom is -0.372 e. The smallest absolute Gasteiger partial charge is 0.145 e. The first-order valence-corrected chi connectivity index (χ1v) is 6.52. The minimum absolute atomic E-state index is 0.110. The second kappa shape index (κ2) is 6.48. The first-order valence-electron chi connectivity index (χ1n) is 6.52. The summed E-state index contributed by atoms with van der Waals surface area (Å²) in [5, 5.41) is 8.96. The van der Waals surface area contributed by atoms with E-state index < -0.39 is 0 Å². The number of nitrogens with zero attached hydrogens (tertiary/aromatic N) is 2. The summed E-state index contributed by atoms with van der Waals surface area (Å²) >= 11 is 0. The lowest BCUT2D eigenvalue weighted by Crippen LogP contribution is -2.35. The molecule has 2 rings (SSSR count). The molecule has 1 aliphatic carbocycles. The van der Waals surface area contributed by atoms with Crippen LogP contribution in [0, 0.1) is 11.3 Å². The number of ether oxygens (including phenoxy) is 1. The van der Waals surface area contributed by atoms with Gasteiger partial charge in [0.2, 0.25) is 0 Å². The third-order valence-corrected chi connectivity index (χ3v) is 3.45. The molecule has 0 amide bonds. The van der Waals surface area contributed by atoms with Crippen LogP contribution >= 0.6 is 0 Å². The SMILES string of the molecule is N#Cc1ncccc1COC1CCCCCC1N. The monoisotopic (exact) mass is 245 g/mol. The van der Waals surface area contributed by atoms with Crippen LogP contribution < -0.4 is 5.73 Å². The van der Waals surface area contributed by atoms with Gasteiger partial charge >= 0.3 is 0 Å². The van der Waals surface area contributed by atoms with E-state index in [9.17, 15) is 0 Å². The third-order valence-electron chi connectivity index (χ3n) is 3.45. The van der Waals surface area contributed by atoms with Crippen LogP contribution in [0.25, 0.3) is 0 Å². The van der Waals surface area contributed by atoms with E-state index in [1.165, 1.54) is 19.3 Å². The van der Waals surface area contributed by atoms with Crippen molar-refractivity contribution < 1.29 is 4.74 Å². The van der Waals surface area contributed by atoms with Crippen molar-refractivity contribution in [3.8, 4) is 6.07 Å². The quantitative estimate of drug-likeness (QED) is 0.828. The third kappa shape index (κ3) is 3.28. The fraction of sp³-hybridized carbons (Fsp3) is 0.571. The van der Waals surface area contributed by atoms with E-state index in [1.807, 2.05) is 12.1 Å². The van der Waals surface area contributed by atoms with Crippen molar-refractivity contribution in [1.29, 1.82) is 5.26 Å². The van der Waals surface area contributed by atoms with Gasteiger partial charge in [-0.25, -0.2) is 4.98 Å². The van der Waals surface area contributed by atoms with Crippen LogP contribution in [-0.2, 0) is 11.3 Å². The molecule has 1 aromatic rings. The molecule has 2 unspecified atom stereocenters. The first-order chi connectivity index (χ1) is 8.81. The van der Waals surface area contributed by atoms with Gasteiger partial charge in [-0.3, -0.25) is 0 Å². The Labute approximate surface area is 108 Å². The van der Waals surface area contributed by atoms with Crippen molar-refractivity contribution in [3.05, 3.63) is 29.6 Å². The van der Waals surface area contributed by atoms with Gasteiger partial charge in [-0.1, -0.05) is 25.3 Å². The van der Waals surface area contributed by atoms with Crippen LogP contribution in [0.4, 0.5) is 0 Å². The van der Waals surface area contributed by atoms with Gasteiger partial charge in [-0.15, -0.1) is 0 Å². The molecule has 18 heavy (non-hydrogen) atoms. The first kappa shape index (κ1) is 13.0. The molecule has 1 heterocycles. The topological polar surface area (TPSA) is 71.9 Å². The lowest BCUT2D eigenvalue weighted by atomic mass is 10.1. The van der Waals surface area contributed by atoms with Gasteiger partial charge in [0.1, 0.15) is 11.8 Å². The molecule has 0 radical (unpaired) electrons. The Morgan fingerprint density at radius 1 is 1.39 bits per heavy atom. The van der Waals surface area contributed by atoms with Crippen molar-refractivity contribution in [1.82, 2.24) is 4.98 Å². The number of nitrogens with two attached hydrogens (primary N) is 1. The second-order valence-corrected chi connectivity index (χ2v) is 4.77. The Balaban J connectivity index is 1.96. The highest BCUT2D eigenvalue weighted by Crippen LogP contribution is 2.20. The van der Waals surface area contributed by atoms with Crippen LogP contribution in [0.3, 0.4) is 0 Å². The van der Waals surface area contributed by atoms with E-state index in [-0.39, 0.29) is 12.1 Å². The maximum Gasteiger partial charge on any atom is 0.145 e. The maximum absolute atomic E-state index is 8.96. The standard InChI is InChI=1S/C14H19N3O/c15-9-13-11(5-4-8-17-13)10-18-14-7-3-1-2-6-12(14)16/h4-5,8,12,14H,1-3,6-7,10,16H2.